The topological polar surface area (TPSA) is 82.0 Å². The standard InChI is InChI=1S/C8H9N3O/c9-6(5-8(10)12)7-3-1-2-4-11-7/h1-5H,9H2,(H2,10,12). The highest BCUT2D eigenvalue weighted by molar-refractivity contribution is 5.92. The minimum absolute atomic E-state index is 0.281. The van der Waals surface area contributed by atoms with E-state index in [-0.39, 0.29) is 5.70 Å². The summed E-state index contributed by atoms with van der Waals surface area (Å²) in [6.45, 7) is 0. The number of carbonyl (C=O) groups excluding carboxylic acids is 1. The van der Waals surface area contributed by atoms with Crippen LogP contribution in [0.3, 0.4) is 0 Å². The van der Waals surface area contributed by atoms with Gasteiger partial charge in [0.15, 0.2) is 0 Å². The van der Waals surface area contributed by atoms with E-state index in [0.717, 1.165) is 6.08 Å². The molecule has 0 fully saturated rings. The maximum Gasteiger partial charge on any atom is 0.243 e. The normalized spacial score (nSPS) is 11.2. The van der Waals surface area contributed by atoms with Crippen molar-refractivity contribution in [3.63, 3.8) is 0 Å². The predicted octanol–water partition coefficient (Wildman–Crippen LogP) is -0.134. The number of carbonyl (C=O) groups is 1. The fraction of sp³-hybridized carbons (Fsp3) is 0. The fourth-order valence-corrected chi connectivity index (χ4v) is 0.761. The fourth-order valence-electron chi connectivity index (χ4n) is 0.761. The Morgan fingerprint density at radius 2 is 2.17 bits per heavy atom. The molecule has 0 bridgehead atoms. The number of aromatic nitrogens is 1. The number of amides is 1. The molecule has 4 nitrogen and oxygen atoms in total. The van der Waals surface area contributed by atoms with E-state index in [1.165, 1.54) is 0 Å². The molecule has 0 aromatic carbocycles. The van der Waals surface area contributed by atoms with Crippen molar-refractivity contribution in [3.8, 4) is 0 Å². The molecule has 62 valence electrons. The molecule has 1 aromatic heterocycles. The van der Waals surface area contributed by atoms with Crippen molar-refractivity contribution in [2.24, 2.45) is 11.5 Å². The zero-order chi connectivity index (χ0) is 8.97. The number of nitrogens with zero attached hydrogens (tertiary/aromatic N) is 1. The summed E-state index contributed by atoms with van der Waals surface area (Å²) >= 11 is 0. The predicted molar refractivity (Wildman–Crippen MR) is 45.6 cm³/mol. The van der Waals surface area contributed by atoms with Gasteiger partial charge in [-0.1, -0.05) is 6.07 Å². The molecule has 0 radical (unpaired) electrons. The summed E-state index contributed by atoms with van der Waals surface area (Å²) < 4.78 is 0. The molecule has 1 aromatic rings. The summed E-state index contributed by atoms with van der Waals surface area (Å²) in [4.78, 5) is 14.4. The Kier molecular flexibility index (Phi) is 2.42. The van der Waals surface area contributed by atoms with Crippen molar-refractivity contribution in [2.75, 3.05) is 0 Å². The van der Waals surface area contributed by atoms with Crippen LogP contribution in [-0.2, 0) is 4.79 Å². The van der Waals surface area contributed by atoms with Crippen LogP contribution in [0, 0.1) is 0 Å². The van der Waals surface area contributed by atoms with Crippen LogP contribution in [0.1, 0.15) is 5.69 Å². The summed E-state index contributed by atoms with van der Waals surface area (Å²) in [6, 6.07) is 5.25. The number of primary amides is 1. The lowest BCUT2D eigenvalue weighted by Crippen LogP contribution is -2.10. The van der Waals surface area contributed by atoms with Crippen LogP contribution in [0.2, 0.25) is 0 Å². The lowest BCUT2D eigenvalue weighted by Gasteiger charge is -1.97. The van der Waals surface area contributed by atoms with Gasteiger partial charge in [0, 0.05) is 12.3 Å². The maximum absolute atomic E-state index is 10.4. The first-order valence-corrected chi connectivity index (χ1v) is 3.38. The third-order valence-electron chi connectivity index (χ3n) is 1.26. The monoisotopic (exact) mass is 163 g/mol. The van der Waals surface area contributed by atoms with Crippen molar-refractivity contribution in [2.45, 2.75) is 0 Å². The highest BCUT2D eigenvalue weighted by atomic mass is 16.1. The van der Waals surface area contributed by atoms with Crippen molar-refractivity contribution in [3.05, 3.63) is 36.2 Å². The van der Waals surface area contributed by atoms with E-state index in [0.29, 0.717) is 5.69 Å². The third kappa shape index (κ3) is 2.09. The average Bonchev–Trinajstić information content (AvgIpc) is 2.05. The summed E-state index contributed by atoms with van der Waals surface area (Å²) in [5.41, 5.74) is 11.2. The minimum Gasteiger partial charge on any atom is -0.397 e. The molecule has 0 aliphatic heterocycles. The van der Waals surface area contributed by atoms with Crippen molar-refractivity contribution < 1.29 is 4.79 Å². The summed E-state index contributed by atoms with van der Waals surface area (Å²) in [5.74, 6) is -0.571. The number of rotatable bonds is 2. The average molecular weight is 163 g/mol. The zero-order valence-electron chi connectivity index (χ0n) is 6.40. The Morgan fingerprint density at radius 1 is 1.42 bits per heavy atom. The van der Waals surface area contributed by atoms with Gasteiger partial charge in [-0.25, -0.2) is 0 Å². The minimum atomic E-state index is -0.571. The van der Waals surface area contributed by atoms with E-state index in [1.807, 2.05) is 0 Å². The SMILES string of the molecule is NC(=O)C=C(N)c1ccccn1. The molecule has 0 atom stereocenters. The van der Waals surface area contributed by atoms with Crippen LogP contribution >= 0.6 is 0 Å². The molecule has 1 heterocycles. The molecule has 4 N–H and O–H groups in total. The second-order valence-corrected chi connectivity index (χ2v) is 2.22. The first-order chi connectivity index (χ1) is 5.70. The van der Waals surface area contributed by atoms with Gasteiger partial charge in [0.1, 0.15) is 0 Å². The maximum atomic E-state index is 10.4. The Hall–Kier alpha value is -1.84. The van der Waals surface area contributed by atoms with Gasteiger partial charge in [0.2, 0.25) is 5.91 Å². The molecule has 1 amide bonds. The van der Waals surface area contributed by atoms with E-state index in [1.54, 1.807) is 24.4 Å². The Balaban J connectivity index is 2.93. The molecule has 0 aliphatic rings. The van der Waals surface area contributed by atoms with Crippen LogP contribution < -0.4 is 11.5 Å². The Bertz CT molecular complexity index is 305. The first kappa shape index (κ1) is 8.26. The van der Waals surface area contributed by atoms with Crippen LogP contribution in [0.25, 0.3) is 5.70 Å². The smallest absolute Gasteiger partial charge is 0.243 e. The van der Waals surface area contributed by atoms with Crippen molar-refractivity contribution >= 4 is 11.6 Å². The zero-order valence-corrected chi connectivity index (χ0v) is 6.40. The van der Waals surface area contributed by atoms with Gasteiger partial charge in [-0.2, -0.15) is 0 Å². The number of hydrogen-bond acceptors (Lipinski definition) is 3. The van der Waals surface area contributed by atoms with E-state index < -0.39 is 5.91 Å². The van der Waals surface area contributed by atoms with E-state index in [2.05, 4.69) is 4.98 Å². The van der Waals surface area contributed by atoms with Crippen LogP contribution in [-0.4, -0.2) is 10.9 Å². The van der Waals surface area contributed by atoms with E-state index in [9.17, 15) is 4.79 Å². The molecule has 0 unspecified atom stereocenters. The van der Waals surface area contributed by atoms with Gasteiger partial charge < -0.3 is 11.5 Å². The quantitative estimate of drug-likeness (QED) is 0.595. The molecule has 12 heavy (non-hydrogen) atoms. The largest absolute Gasteiger partial charge is 0.397 e. The Labute approximate surface area is 69.9 Å². The summed E-state index contributed by atoms with van der Waals surface area (Å²) in [6.07, 6.45) is 2.74. The Morgan fingerprint density at radius 3 is 2.67 bits per heavy atom. The lowest BCUT2D eigenvalue weighted by molar-refractivity contribution is -0.113. The molecule has 0 saturated heterocycles. The molecular formula is C8H9N3O. The van der Waals surface area contributed by atoms with Gasteiger partial charge in [-0.15, -0.1) is 0 Å². The van der Waals surface area contributed by atoms with E-state index in [4.69, 9.17) is 11.5 Å². The van der Waals surface area contributed by atoms with Gasteiger partial charge in [0.05, 0.1) is 11.4 Å². The van der Waals surface area contributed by atoms with E-state index >= 15 is 0 Å². The number of nitrogens with two attached hydrogens (primary N) is 2. The summed E-state index contributed by atoms with van der Waals surface area (Å²) in [5, 5.41) is 0. The van der Waals surface area contributed by atoms with Crippen LogP contribution in [0.15, 0.2) is 30.5 Å². The highest BCUT2D eigenvalue weighted by Crippen LogP contribution is 2.02. The molecule has 0 spiro atoms. The number of hydrogen-bond donors (Lipinski definition) is 2. The van der Waals surface area contributed by atoms with Gasteiger partial charge in [0.25, 0.3) is 0 Å². The summed E-state index contributed by atoms with van der Waals surface area (Å²) in [7, 11) is 0. The van der Waals surface area contributed by atoms with Crippen LogP contribution in [0.4, 0.5) is 0 Å². The van der Waals surface area contributed by atoms with Gasteiger partial charge in [-0.05, 0) is 12.1 Å². The lowest BCUT2D eigenvalue weighted by atomic mass is 10.2. The molecule has 0 aliphatic carbocycles. The van der Waals surface area contributed by atoms with Gasteiger partial charge in [-0.3, -0.25) is 9.78 Å². The van der Waals surface area contributed by atoms with Crippen LogP contribution in [0.5, 0.6) is 0 Å². The second-order valence-electron chi connectivity index (χ2n) is 2.22. The third-order valence-corrected chi connectivity index (χ3v) is 1.26. The van der Waals surface area contributed by atoms with Crippen molar-refractivity contribution in [1.82, 2.24) is 4.98 Å². The van der Waals surface area contributed by atoms with Gasteiger partial charge >= 0.3 is 0 Å². The van der Waals surface area contributed by atoms with Crippen molar-refractivity contribution in [1.29, 1.82) is 0 Å². The second kappa shape index (κ2) is 3.52. The molecular weight excluding hydrogens is 154 g/mol. The molecule has 0 saturated carbocycles. The number of pyridine rings is 1. The first-order valence-electron chi connectivity index (χ1n) is 3.38. The highest BCUT2D eigenvalue weighted by Gasteiger charge is 1.97. The molecule has 4 heteroatoms. The molecule has 1 rings (SSSR count).